The van der Waals surface area contributed by atoms with Crippen LogP contribution < -0.4 is 10.4 Å². The summed E-state index contributed by atoms with van der Waals surface area (Å²) < 4.78 is 10.6. The molecule has 0 aliphatic carbocycles. The van der Waals surface area contributed by atoms with Gasteiger partial charge in [-0.3, -0.25) is 4.79 Å². The van der Waals surface area contributed by atoms with E-state index in [1.807, 2.05) is 54.6 Å². The average Bonchev–Trinajstić information content (AvgIpc) is 2.73. The number of carbonyl (C=O) groups excluding carboxylic acids is 1. The Morgan fingerprint density at radius 3 is 2.26 bits per heavy atom. The van der Waals surface area contributed by atoms with Crippen molar-refractivity contribution in [2.75, 3.05) is 6.61 Å². The first-order valence-electron chi connectivity index (χ1n) is 8.55. The lowest BCUT2D eigenvalue weighted by atomic mass is 10.0. The van der Waals surface area contributed by atoms with E-state index >= 15 is 0 Å². The molecule has 0 N–H and O–H groups in total. The average molecular weight is 356 g/mol. The molecule has 0 radical (unpaired) electrons. The van der Waals surface area contributed by atoms with Crippen LogP contribution >= 0.6 is 0 Å². The third kappa shape index (κ3) is 3.65. The first-order valence-corrected chi connectivity index (χ1v) is 8.55. The summed E-state index contributed by atoms with van der Waals surface area (Å²) in [6, 6.07) is 26.0. The van der Waals surface area contributed by atoms with Crippen LogP contribution in [0.5, 0.6) is 5.75 Å². The van der Waals surface area contributed by atoms with Gasteiger partial charge >= 0.3 is 5.63 Å². The van der Waals surface area contributed by atoms with Crippen LogP contribution in [0.3, 0.4) is 0 Å². The van der Waals surface area contributed by atoms with Gasteiger partial charge in [0.25, 0.3) is 0 Å². The molecule has 27 heavy (non-hydrogen) atoms. The molecule has 4 heteroatoms. The molecule has 0 saturated heterocycles. The summed E-state index contributed by atoms with van der Waals surface area (Å²) in [4.78, 5) is 24.4. The highest BCUT2D eigenvalue weighted by molar-refractivity contribution is 5.97. The number of ether oxygens (including phenoxy) is 1. The molecule has 132 valence electrons. The van der Waals surface area contributed by atoms with E-state index < -0.39 is 5.63 Å². The molecular formula is C23H16O4. The molecule has 0 aliphatic heterocycles. The van der Waals surface area contributed by atoms with Crippen molar-refractivity contribution in [3.05, 3.63) is 101 Å². The first kappa shape index (κ1) is 16.8. The fourth-order valence-corrected chi connectivity index (χ4v) is 2.85. The Hall–Kier alpha value is -3.66. The zero-order chi connectivity index (χ0) is 18.6. The van der Waals surface area contributed by atoms with Crippen molar-refractivity contribution in [3.8, 4) is 16.9 Å². The molecule has 0 spiro atoms. The third-order valence-corrected chi connectivity index (χ3v) is 4.28. The molecule has 4 aromatic rings. The van der Waals surface area contributed by atoms with E-state index in [0.717, 1.165) is 16.5 Å². The highest BCUT2D eigenvalue weighted by Crippen LogP contribution is 2.20. The predicted molar refractivity (Wildman–Crippen MR) is 104 cm³/mol. The minimum atomic E-state index is -0.596. The Kier molecular flexibility index (Phi) is 4.54. The minimum Gasteiger partial charge on any atom is -0.478 e. The second-order valence-electron chi connectivity index (χ2n) is 6.09. The lowest BCUT2D eigenvalue weighted by Gasteiger charge is -2.06. The van der Waals surface area contributed by atoms with Gasteiger partial charge in [-0.1, -0.05) is 72.8 Å². The van der Waals surface area contributed by atoms with Crippen LogP contribution in [0.15, 0.2) is 94.1 Å². The lowest BCUT2D eigenvalue weighted by molar-refractivity contribution is 0.0919. The van der Waals surface area contributed by atoms with Crippen LogP contribution in [0.25, 0.3) is 22.1 Å². The molecule has 0 fully saturated rings. The van der Waals surface area contributed by atoms with Crippen molar-refractivity contribution in [1.82, 2.24) is 0 Å². The highest BCUT2D eigenvalue weighted by atomic mass is 16.5. The maximum atomic E-state index is 12.4. The van der Waals surface area contributed by atoms with Gasteiger partial charge in [-0.25, -0.2) is 4.79 Å². The maximum absolute atomic E-state index is 12.4. The quantitative estimate of drug-likeness (QED) is 0.383. The number of benzene rings is 3. The zero-order valence-corrected chi connectivity index (χ0v) is 14.4. The fourth-order valence-electron chi connectivity index (χ4n) is 2.85. The minimum absolute atomic E-state index is 0.0305. The summed E-state index contributed by atoms with van der Waals surface area (Å²) in [6.45, 7) is -0.228. The van der Waals surface area contributed by atoms with Gasteiger partial charge in [0.05, 0.1) is 0 Å². The topological polar surface area (TPSA) is 56.5 Å². The Morgan fingerprint density at radius 2 is 1.48 bits per heavy atom. The van der Waals surface area contributed by atoms with Gasteiger partial charge in [0.15, 0.2) is 12.4 Å². The van der Waals surface area contributed by atoms with Crippen molar-refractivity contribution in [3.63, 3.8) is 0 Å². The predicted octanol–water partition coefficient (Wildman–Crippen LogP) is 4.72. The second-order valence-corrected chi connectivity index (χ2v) is 6.09. The van der Waals surface area contributed by atoms with Crippen molar-refractivity contribution >= 4 is 16.8 Å². The summed E-state index contributed by atoms with van der Waals surface area (Å²) in [7, 11) is 0. The Balaban J connectivity index is 1.48. The van der Waals surface area contributed by atoms with Crippen LogP contribution in [0, 0.1) is 0 Å². The highest BCUT2D eigenvalue weighted by Gasteiger charge is 2.11. The Bertz CT molecular complexity index is 1140. The van der Waals surface area contributed by atoms with Gasteiger partial charge in [-0.2, -0.15) is 0 Å². The van der Waals surface area contributed by atoms with Gasteiger partial charge in [0.2, 0.25) is 5.75 Å². The summed E-state index contributed by atoms with van der Waals surface area (Å²) in [5.74, 6) is -0.176. The van der Waals surface area contributed by atoms with Gasteiger partial charge in [0, 0.05) is 10.9 Å². The molecule has 0 saturated carbocycles. The van der Waals surface area contributed by atoms with Crippen molar-refractivity contribution in [2.45, 2.75) is 0 Å². The number of fused-ring (bicyclic) bond motifs is 1. The second kappa shape index (κ2) is 7.30. The zero-order valence-electron chi connectivity index (χ0n) is 14.4. The molecule has 0 atom stereocenters. The maximum Gasteiger partial charge on any atom is 0.379 e. The standard InChI is InChI=1S/C23H16O4/c24-20(18-12-10-17(11-13-18)16-6-2-1-3-7-16)15-26-22-14-19-8-4-5-9-21(19)27-23(22)25/h1-14H,15H2. The van der Waals surface area contributed by atoms with Crippen LogP contribution in [0.2, 0.25) is 0 Å². The summed E-state index contributed by atoms with van der Waals surface area (Å²) in [5.41, 5.74) is 2.53. The van der Waals surface area contributed by atoms with Crippen molar-refractivity contribution < 1.29 is 13.9 Å². The largest absolute Gasteiger partial charge is 0.478 e. The third-order valence-electron chi connectivity index (χ3n) is 4.28. The number of ketones is 1. The number of carbonyl (C=O) groups is 1. The normalized spacial score (nSPS) is 10.7. The van der Waals surface area contributed by atoms with Crippen molar-refractivity contribution in [2.24, 2.45) is 0 Å². The summed E-state index contributed by atoms with van der Waals surface area (Å²) in [6.07, 6.45) is 0. The molecule has 4 nitrogen and oxygen atoms in total. The van der Waals surface area contributed by atoms with Crippen LogP contribution in [-0.2, 0) is 0 Å². The fraction of sp³-hybridized carbons (Fsp3) is 0.0435. The molecule has 4 rings (SSSR count). The van der Waals surface area contributed by atoms with Gasteiger partial charge in [0.1, 0.15) is 5.58 Å². The number of hydrogen-bond donors (Lipinski definition) is 0. The molecule has 1 heterocycles. The van der Waals surface area contributed by atoms with E-state index in [4.69, 9.17) is 9.15 Å². The molecular weight excluding hydrogens is 340 g/mol. The van der Waals surface area contributed by atoms with Crippen LogP contribution in [0.1, 0.15) is 10.4 Å². The van der Waals surface area contributed by atoms with E-state index in [0.29, 0.717) is 11.1 Å². The SMILES string of the molecule is O=C(COc1cc2ccccc2oc1=O)c1ccc(-c2ccccc2)cc1. The van der Waals surface area contributed by atoms with E-state index in [1.165, 1.54) is 0 Å². The summed E-state index contributed by atoms with van der Waals surface area (Å²) >= 11 is 0. The molecule has 0 unspecified atom stereocenters. The van der Waals surface area contributed by atoms with E-state index in [1.54, 1.807) is 30.3 Å². The monoisotopic (exact) mass is 356 g/mol. The molecule has 0 amide bonds. The number of hydrogen-bond acceptors (Lipinski definition) is 4. The number of Topliss-reactive ketones (excluding diaryl/α,β-unsaturated/α-hetero) is 1. The Morgan fingerprint density at radius 1 is 0.815 bits per heavy atom. The van der Waals surface area contributed by atoms with Gasteiger partial charge in [-0.05, 0) is 23.3 Å². The van der Waals surface area contributed by atoms with E-state index in [2.05, 4.69) is 0 Å². The van der Waals surface area contributed by atoms with Crippen LogP contribution in [0.4, 0.5) is 0 Å². The smallest absolute Gasteiger partial charge is 0.379 e. The molecule has 0 aliphatic rings. The Labute approximate surface area is 155 Å². The summed E-state index contributed by atoms with van der Waals surface area (Å²) in [5, 5.41) is 0.742. The van der Waals surface area contributed by atoms with Crippen molar-refractivity contribution in [1.29, 1.82) is 0 Å². The molecule has 3 aromatic carbocycles. The number of rotatable bonds is 5. The molecule has 1 aromatic heterocycles. The molecule has 0 bridgehead atoms. The van der Waals surface area contributed by atoms with E-state index in [9.17, 15) is 9.59 Å². The first-order chi connectivity index (χ1) is 13.2. The van der Waals surface area contributed by atoms with E-state index in [-0.39, 0.29) is 18.1 Å². The lowest BCUT2D eigenvalue weighted by Crippen LogP contribution is -2.15. The van der Waals surface area contributed by atoms with Gasteiger partial charge < -0.3 is 9.15 Å². The number of para-hydroxylation sites is 1. The van der Waals surface area contributed by atoms with Gasteiger partial charge in [-0.15, -0.1) is 0 Å². The van der Waals surface area contributed by atoms with Crippen LogP contribution in [-0.4, -0.2) is 12.4 Å².